The molecule has 0 radical (unpaired) electrons. The van der Waals surface area contributed by atoms with Crippen molar-refractivity contribution in [3.8, 4) is 5.75 Å². The Kier molecular flexibility index (Phi) is 1.37. The molecule has 0 saturated heterocycles. The summed E-state index contributed by atoms with van der Waals surface area (Å²) in [7, 11) is 0. The molecule has 2 heterocycles. The van der Waals surface area contributed by atoms with E-state index in [-0.39, 0.29) is 0 Å². The van der Waals surface area contributed by atoms with Crippen molar-refractivity contribution in [1.82, 2.24) is 0 Å². The van der Waals surface area contributed by atoms with Crippen LogP contribution >= 0.6 is 34.3 Å². The van der Waals surface area contributed by atoms with Crippen LogP contribution in [0, 0.1) is 0 Å². The first-order chi connectivity index (χ1) is 4.79. The molecule has 10 heavy (non-hydrogen) atoms. The smallest absolute Gasteiger partial charge is 0.136 e. The lowest BCUT2D eigenvalue weighted by molar-refractivity contribution is 0.484. The molecule has 0 bridgehead atoms. The summed E-state index contributed by atoms with van der Waals surface area (Å²) in [6, 6.07) is 0. The highest BCUT2D eigenvalue weighted by atomic mass is 35.5. The van der Waals surface area contributed by atoms with E-state index in [2.05, 4.69) is 0 Å². The summed E-state index contributed by atoms with van der Waals surface area (Å²) in [6.07, 6.45) is 0. The van der Waals surface area contributed by atoms with E-state index in [1.807, 2.05) is 5.38 Å². The molecule has 0 aliphatic carbocycles. The molecule has 0 saturated carbocycles. The molecular formula is C6H3ClOS2. The van der Waals surface area contributed by atoms with E-state index in [0.717, 1.165) is 9.40 Å². The molecule has 2 aromatic heterocycles. The van der Waals surface area contributed by atoms with Gasteiger partial charge >= 0.3 is 0 Å². The lowest BCUT2D eigenvalue weighted by atomic mass is 10.4. The number of aromatic hydroxyl groups is 1. The maximum Gasteiger partial charge on any atom is 0.136 e. The first-order valence-electron chi connectivity index (χ1n) is 2.62. The second-order valence-corrected chi connectivity index (χ2v) is 4.29. The van der Waals surface area contributed by atoms with E-state index in [1.165, 1.54) is 11.3 Å². The highest BCUT2D eigenvalue weighted by Gasteiger charge is 2.07. The Hall–Kier alpha value is -0.250. The van der Waals surface area contributed by atoms with E-state index in [0.29, 0.717) is 10.8 Å². The summed E-state index contributed by atoms with van der Waals surface area (Å²) >= 11 is 8.86. The van der Waals surface area contributed by atoms with Gasteiger partial charge in [0.05, 0.1) is 14.4 Å². The number of hydrogen-bond donors (Lipinski definition) is 1. The molecule has 2 rings (SSSR count). The quantitative estimate of drug-likeness (QED) is 0.676. The normalized spacial score (nSPS) is 10.9. The molecule has 0 spiro atoms. The van der Waals surface area contributed by atoms with Crippen molar-refractivity contribution < 1.29 is 5.11 Å². The molecule has 0 aliphatic heterocycles. The van der Waals surface area contributed by atoms with Crippen LogP contribution in [0.3, 0.4) is 0 Å². The molecule has 0 aliphatic rings. The topological polar surface area (TPSA) is 20.2 Å². The Morgan fingerprint density at radius 3 is 2.70 bits per heavy atom. The van der Waals surface area contributed by atoms with E-state index >= 15 is 0 Å². The van der Waals surface area contributed by atoms with E-state index in [4.69, 9.17) is 11.6 Å². The summed E-state index contributed by atoms with van der Waals surface area (Å²) < 4.78 is 1.09. The van der Waals surface area contributed by atoms with Gasteiger partial charge in [-0.05, 0) is 0 Å². The van der Waals surface area contributed by atoms with Crippen molar-refractivity contribution in [2.24, 2.45) is 0 Å². The predicted octanol–water partition coefficient (Wildman–Crippen LogP) is 3.32. The van der Waals surface area contributed by atoms with Gasteiger partial charge in [0.15, 0.2) is 0 Å². The largest absolute Gasteiger partial charge is 0.506 e. The predicted molar refractivity (Wildman–Crippen MR) is 46.4 cm³/mol. The van der Waals surface area contributed by atoms with Crippen LogP contribution < -0.4 is 0 Å². The van der Waals surface area contributed by atoms with Crippen LogP contribution in [-0.2, 0) is 0 Å². The van der Waals surface area contributed by atoms with Crippen LogP contribution in [-0.4, -0.2) is 5.11 Å². The molecule has 0 fully saturated rings. The molecule has 0 aromatic carbocycles. The fourth-order valence-corrected chi connectivity index (χ4v) is 3.08. The number of thiophene rings is 2. The van der Waals surface area contributed by atoms with Crippen LogP contribution in [0.15, 0.2) is 10.8 Å². The summed E-state index contributed by atoms with van der Waals surface area (Å²) in [6.45, 7) is 0. The van der Waals surface area contributed by atoms with Crippen molar-refractivity contribution >= 4 is 43.7 Å². The van der Waals surface area contributed by atoms with Crippen LogP contribution in [0.4, 0.5) is 0 Å². The summed E-state index contributed by atoms with van der Waals surface area (Å²) in [5.74, 6) is 0.297. The third kappa shape index (κ3) is 0.746. The summed E-state index contributed by atoms with van der Waals surface area (Å²) in [4.78, 5) is 0. The average Bonchev–Trinajstić information content (AvgIpc) is 2.40. The van der Waals surface area contributed by atoms with Crippen molar-refractivity contribution in [3.05, 3.63) is 15.8 Å². The molecule has 0 atom stereocenters. The maximum absolute atomic E-state index is 9.21. The molecular weight excluding hydrogens is 188 g/mol. The van der Waals surface area contributed by atoms with E-state index in [9.17, 15) is 5.11 Å². The van der Waals surface area contributed by atoms with Gasteiger partial charge in [-0.3, -0.25) is 0 Å². The number of halogens is 1. The average molecular weight is 191 g/mol. The fraction of sp³-hybridized carbons (Fsp3) is 0. The Bertz CT molecular complexity index is 331. The zero-order valence-corrected chi connectivity index (χ0v) is 7.19. The molecule has 2 aromatic rings. The second kappa shape index (κ2) is 2.12. The SMILES string of the molecule is Oc1csc2scc(Cl)c12. The first-order valence-corrected chi connectivity index (χ1v) is 4.76. The number of rotatable bonds is 0. The van der Waals surface area contributed by atoms with Gasteiger partial charge in [0.2, 0.25) is 0 Å². The Morgan fingerprint density at radius 1 is 1.30 bits per heavy atom. The minimum atomic E-state index is 0.297. The Balaban J connectivity index is 2.98. The molecule has 0 amide bonds. The second-order valence-electron chi connectivity index (χ2n) is 1.87. The van der Waals surface area contributed by atoms with E-state index in [1.54, 1.807) is 16.7 Å². The zero-order chi connectivity index (χ0) is 7.14. The summed E-state index contributed by atoms with van der Waals surface area (Å²) in [5, 5.41) is 14.2. The number of fused-ring (bicyclic) bond motifs is 1. The summed E-state index contributed by atoms with van der Waals surface area (Å²) in [5.41, 5.74) is 0. The van der Waals surface area contributed by atoms with Gasteiger partial charge in [0.1, 0.15) is 5.75 Å². The van der Waals surface area contributed by atoms with Crippen molar-refractivity contribution in [2.75, 3.05) is 0 Å². The van der Waals surface area contributed by atoms with Gasteiger partial charge in [-0.2, -0.15) is 0 Å². The van der Waals surface area contributed by atoms with Crippen LogP contribution in [0.2, 0.25) is 5.02 Å². The Labute approximate surface area is 70.5 Å². The van der Waals surface area contributed by atoms with Gasteiger partial charge in [-0.25, -0.2) is 0 Å². The molecule has 4 heteroatoms. The highest BCUT2D eigenvalue weighted by molar-refractivity contribution is 7.37. The minimum Gasteiger partial charge on any atom is -0.506 e. The Morgan fingerprint density at radius 2 is 2.00 bits per heavy atom. The molecule has 1 nitrogen and oxygen atoms in total. The van der Waals surface area contributed by atoms with Gasteiger partial charge in [0, 0.05) is 10.8 Å². The zero-order valence-electron chi connectivity index (χ0n) is 4.80. The highest BCUT2D eigenvalue weighted by Crippen LogP contribution is 2.40. The lowest BCUT2D eigenvalue weighted by Gasteiger charge is -1.81. The molecule has 52 valence electrons. The standard InChI is InChI=1S/C6H3ClOS2/c7-3-1-9-6-5(3)4(8)2-10-6/h1-2,8H. The third-order valence-corrected chi connectivity index (χ3v) is 3.78. The minimum absolute atomic E-state index is 0.297. The van der Waals surface area contributed by atoms with Gasteiger partial charge in [-0.1, -0.05) is 11.6 Å². The van der Waals surface area contributed by atoms with Crippen LogP contribution in [0.1, 0.15) is 0 Å². The lowest BCUT2D eigenvalue weighted by Crippen LogP contribution is -1.53. The van der Waals surface area contributed by atoms with Crippen molar-refractivity contribution in [1.29, 1.82) is 0 Å². The van der Waals surface area contributed by atoms with E-state index < -0.39 is 0 Å². The number of hydrogen-bond acceptors (Lipinski definition) is 3. The van der Waals surface area contributed by atoms with Gasteiger partial charge in [-0.15, -0.1) is 22.7 Å². The van der Waals surface area contributed by atoms with Gasteiger partial charge < -0.3 is 5.11 Å². The van der Waals surface area contributed by atoms with Crippen molar-refractivity contribution in [2.45, 2.75) is 0 Å². The molecule has 0 unspecified atom stereocenters. The maximum atomic E-state index is 9.21. The van der Waals surface area contributed by atoms with Crippen molar-refractivity contribution in [3.63, 3.8) is 0 Å². The first kappa shape index (κ1) is 6.46. The molecule has 1 N–H and O–H groups in total. The van der Waals surface area contributed by atoms with Crippen LogP contribution in [0.25, 0.3) is 9.40 Å². The van der Waals surface area contributed by atoms with Crippen LogP contribution in [0.5, 0.6) is 5.75 Å². The monoisotopic (exact) mass is 190 g/mol. The third-order valence-electron chi connectivity index (χ3n) is 1.25. The fourth-order valence-electron chi connectivity index (χ4n) is 0.802. The van der Waals surface area contributed by atoms with Gasteiger partial charge in [0.25, 0.3) is 0 Å².